The first-order chi connectivity index (χ1) is 15.2. The third-order valence-electron chi connectivity index (χ3n) is 5.64. The number of likely N-dealkylation sites (N-methyl/N-ethyl adjacent to an activating group) is 1. The van der Waals surface area contributed by atoms with E-state index in [1.165, 1.54) is 12.1 Å². The summed E-state index contributed by atoms with van der Waals surface area (Å²) in [6, 6.07) is 5.51. The van der Waals surface area contributed by atoms with E-state index in [1.807, 2.05) is 14.1 Å². The van der Waals surface area contributed by atoms with Crippen LogP contribution < -0.4 is 5.32 Å². The fourth-order valence-electron chi connectivity index (χ4n) is 4.07. The van der Waals surface area contributed by atoms with Crippen LogP contribution in [0.5, 0.6) is 0 Å². The molecule has 1 N–H and O–H groups in total. The van der Waals surface area contributed by atoms with Gasteiger partial charge in [-0.2, -0.15) is 13.2 Å². The molecule has 0 aliphatic carbocycles. The van der Waals surface area contributed by atoms with Gasteiger partial charge >= 0.3 is 6.18 Å². The molecule has 2 aliphatic heterocycles. The molecule has 7 nitrogen and oxygen atoms in total. The number of benzene rings is 1. The lowest BCUT2D eigenvalue weighted by Crippen LogP contribution is -2.52. The standard InChI is InChI=1S/C22H31F3N6O/c1-26-20-19(32-14-9-28-20)21(27-2)31-12-10-30(11-13-31)18(15-29(3)4)16-5-7-17(8-6-16)22(23,24)25/h5-8,18,28H,1,9-15H2,2-4H3. The van der Waals surface area contributed by atoms with Crippen LogP contribution in [0.15, 0.2) is 45.8 Å². The van der Waals surface area contributed by atoms with Gasteiger partial charge in [-0.1, -0.05) is 12.1 Å². The first-order valence-corrected chi connectivity index (χ1v) is 10.6. The Labute approximate surface area is 187 Å². The van der Waals surface area contributed by atoms with Crippen molar-refractivity contribution in [3.05, 3.63) is 47.0 Å². The molecule has 32 heavy (non-hydrogen) atoms. The number of aliphatic imine (C=N–C) groups is 2. The molecule has 3 rings (SSSR count). The second kappa shape index (κ2) is 10.4. The molecule has 0 bridgehead atoms. The molecule has 1 unspecified atom stereocenters. The Balaban J connectivity index is 1.74. The topological polar surface area (TPSA) is 55.7 Å². The van der Waals surface area contributed by atoms with Crippen molar-refractivity contribution in [1.29, 1.82) is 0 Å². The van der Waals surface area contributed by atoms with Crippen LogP contribution in [0.3, 0.4) is 0 Å². The van der Waals surface area contributed by atoms with Gasteiger partial charge in [0.15, 0.2) is 11.7 Å². The van der Waals surface area contributed by atoms with Crippen LogP contribution in [0.1, 0.15) is 17.2 Å². The molecule has 10 heteroatoms. The van der Waals surface area contributed by atoms with E-state index in [9.17, 15) is 13.2 Å². The van der Waals surface area contributed by atoms with E-state index in [1.54, 1.807) is 19.2 Å². The number of alkyl halides is 3. The average Bonchev–Trinajstić information content (AvgIpc) is 2.78. The van der Waals surface area contributed by atoms with Crippen LogP contribution in [0, 0.1) is 0 Å². The van der Waals surface area contributed by atoms with Gasteiger partial charge in [-0.25, -0.2) is 4.99 Å². The van der Waals surface area contributed by atoms with E-state index in [4.69, 9.17) is 4.74 Å². The van der Waals surface area contributed by atoms with Gasteiger partial charge < -0.3 is 19.9 Å². The lowest BCUT2D eigenvalue weighted by atomic mass is 10.0. The summed E-state index contributed by atoms with van der Waals surface area (Å²) in [5.74, 6) is 1.93. The summed E-state index contributed by atoms with van der Waals surface area (Å²) in [4.78, 5) is 15.0. The van der Waals surface area contributed by atoms with Crippen molar-refractivity contribution >= 4 is 12.6 Å². The fraction of sp³-hybridized carbons (Fsp3) is 0.545. The van der Waals surface area contributed by atoms with Crippen LogP contribution in [-0.2, 0) is 10.9 Å². The van der Waals surface area contributed by atoms with Crippen molar-refractivity contribution in [3.8, 4) is 0 Å². The van der Waals surface area contributed by atoms with Gasteiger partial charge in [0.1, 0.15) is 6.61 Å². The summed E-state index contributed by atoms with van der Waals surface area (Å²) in [5, 5.41) is 3.18. The summed E-state index contributed by atoms with van der Waals surface area (Å²) < 4.78 is 44.8. The summed E-state index contributed by atoms with van der Waals surface area (Å²) in [7, 11) is 5.67. The molecular weight excluding hydrogens is 421 g/mol. The third-order valence-corrected chi connectivity index (χ3v) is 5.64. The van der Waals surface area contributed by atoms with Crippen molar-refractivity contribution in [2.75, 3.05) is 67.0 Å². The number of hydrogen-bond donors (Lipinski definition) is 1. The lowest BCUT2D eigenvalue weighted by molar-refractivity contribution is -0.137. The van der Waals surface area contributed by atoms with Gasteiger partial charge in [-0.15, -0.1) is 0 Å². The molecule has 1 fully saturated rings. The van der Waals surface area contributed by atoms with Crippen LogP contribution >= 0.6 is 0 Å². The highest BCUT2D eigenvalue weighted by atomic mass is 19.4. The highest BCUT2D eigenvalue weighted by Gasteiger charge is 2.32. The van der Waals surface area contributed by atoms with E-state index in [-0.39, 0.29) is 6.04 Å². The fourth-order valence-corrected chi connectivity index (χ4v) is 4.07. The predicted octanol–water partition coefficient (Wildman–Crippen LogP) is 2.44. The van der Waals surface area contributed by atoms with Crippen molar-refractivity contribution < 1.29 is 17.9 Å². The monoisotopic (exact) mass is 452 g/mol. The van der Waals surface area contributed by atoms with Crippen molar-refractivity contribution in [2.45, 2.75) is 12.2 Å². The smallest absolute Gasteiger partial charge is 0.416 e. The molecule has 2 aliphatic rings. The first kappa shape index (κ1) is 24.1. The van der Waals surface area contributed by atoms with Crippen molar-refractivity contribution in [3.63, 3.8) is 0 Å². The van der Waals surface area contributed by atoms with E-state index in [0.717, 1.165) is 24.5 Å². The number of nitrogens with zero attached hydrogens (tertiary/aromatic N) is 5. The molecule has 2 heterocycles. The van der Waals surface area contributed by atoms with Crippen LogP contribution in [0.25, 0.3) is 0 Å². The van der Waals surface area contributed by atoms with Crippen molar-refractivity contribution in [2.24, 2.45) is 9.98 Å². The highest BCUT2D eigenvalue weighted by Crippen LogP contribution is 2.31. The maximum Gasteiger partial charge on any atom is 0.416 e. The van der Waals surface area contributed by atoms with Gasteiger partial charge in [0.05, 0.1) is 12.1 Å². The maximum absolute atomic E-state index is 13.0. The zero-order valence-corrected chi connectivity index (χ0v) is 18.8. The minimum atomic E-state index is -4.33. The molecule has 1 atom stereocenters. The average molecular weight is 453 g/mol. The summed E-state index contributed by atoms with van der Waals surface area (Å²) >= 11 is 0. The lowest BCUT2D eigenvalue weighted by Gasteiger charge is -2.41. The molecule has 1 aromatic carbocycles. The molecule has 0 amide bonds. The minimum Gasteiger partial charge on any atom is -0.485 e. The van der Waals surface area contributed by atoms with Gasteiger partial charge in [0.25, 0.3) is 0 Å². The number of piperazine rings is 1. The maximum atomic E-state index is 13.0. The summed E-state index contributed by atoms with van der Waals surface area (Å²) in [5.41, 5.74) is 0.254. The normalized spacial score (nSPS) is 19.6. The van der Waals surface area contributed by atoms with Crippen molar-refractivity contribution in [1.82, 2.24) is 20.0 Å². The Morgan fingerprint density at radius 2 is 1.84 bits per heavy atom. The number of nitrogens with one attached hydrogen (secondary N) is 1. The number of amidine groups is 1. The quantitative estimate of drug-likeness (QED) is 0.531. The second-order valence-corrected chi connectivity index (χ2v) is 8.08. The Morgan fingerprint density at radius 3 is 2.38 bits per heavy atom. The SMILES string of the molecule is C=NC1=C(C(=NC)N2CCN(C(CN(C)C)c3ccc(C(F)(F)F)cc3)CC2)OCCN1. The zero-order chi connectivity index (χ0) is 23.3. The molecule has 0 radical (unpaired) electrons. The Bertz CT molecular complexity index is 842. The van der Waals surface area contributed by atoms with E-state index in [2.05, 4.69) is 36.7 Å². The first-order valence-electron chi connectivity index (χ1n) is 10.6. The van der Waals surface area contributed by atoms with Gasteiger partial charge in [-0.3, -0.25) is 9.89 Å². The molecule has 0 spiro atoms. The van der Waals surface area contributed by atoms with Crippen LogP contribution in [0.2, 0.25) is 0 Å². The number of ether oxygens (including phenoxy) is 1. The Morgan fingerprint density at radius 1 is 1.19 bits per heavy atom. The summed E-state index contributed by atoms with van der Waals surface area (Å²) in [6.45, 7) is 8.45. The third kappa shape index (κ3) is 5.60. The number of hydrogen-bond acceptors (Lipinski definition) is 6. The molecule has 1 saturated heterocycles. The largest absolute Gasteiger partial charge is 0.485 e. The van der Waals surface area contributed by atoms with Gasteiger partial charge in [0.2, 0.25) is 5.76 Å². The van der Waals surface area contributed by atoms with Crippen LogP contribution in [0.4, 0.5) is 13.2 Å². The Hall–Kier alpha value is -2.59. The number of halogens is 3. The van der Waals surface area contributed by atoms with E-state index >= 15 is 0 Å². The second-order valence-electron chi connectivity index (χ2n) is 8.08. The molecule has 176 valence electrons. The summed E-state index contributed by atoms with van der Waals surface area (Å²) in [6.07, 6.45) is -4.33. The zero-order valence-electron chi connectivity index (χ0n) is 18.8. The minimum absolute atomic E-state index is 0.00587. The molecule has 0 aromatic heterocycles. The number of rotatable bonds is 6. The molecule has 0 saturated carbocycles. The van der Waals surface area contributed by atoms with Gasteiger partial charge in [-0.05, 0) is 38.5 Å². The Kier molecular flexibility index (Phi) is 7.78. The predicted molar refractivity (Wildman–Crippen MR) is 120 cm³/mol. The van der Waals surface area contributed by atoms with Crippen LogP contribution in [-0.4, -0.2) is 94.3 Å². The highest BCUT2D eigenvalue weighted by molar-refractivity contribution is 5.97. The van der Waals surface area contributed by atoms with Gasteiger partial charge in [0, 0.05) is 45.8 Å². The van der Waals surface area contributed by atoms with E-state index in [0.29, 0.717) is 44.4 Å². The molecule has 1 aromatic rings. The van der Waals surface area contributed by atoms with E-state index < -0.39 is 11.7 Å². The molecular formula is C22H31F3N6O.